The smallest absolute Gasteiger partial charge is 0.261 e. The number of amides is 1. The molecule has 2 rings (SSSR count). The van der Waals surface area contributed by atoms with E-state index < -0.39 is 0 Å². The minimum Gasteiger partial charge on any atom is -0.490 e. The van der Waals surface area contributed by atoms with Crippen LogP contribution in [0, 0.1) is 0 Å². The number of benzene rings is 1. The number of hydrogen-bond donors (Lipinski definition) is 1. The fourth-order valence-corrected chi connectivity index (χ4v) is 3.07. The van der Waals surface area contributed by atoms with Crippen molar-refractivity contribution in [3.05, 3.63) is 45.1 Å². The lowest BCUT2D eigenvalue weighted by atomic mass is 10.1. The number of halogens is 1. The third-order valence-electron chi connectivity index (χ3n) is 3.21. The molecule has 6 heteroatoms. The maximum absolute atomic E-state index is 12.2. The highest BCUT2D eigenvalue weighted by Gasteiger charge is 2.15. The second-order valence-corrected chi connectivity index (χ2v) is 6.59. The van der Waals surface area contributed by atoms with Gasteiger partial charge < -0.3 is 14.8 Å². The van der Waals surface area contributed by atoms with Crippen molar-refractivity contribution in [1.82, 2.24) is 5.32 Å². The predicted octanol–water partition coefficient (Wildman–Crippen LogP) is 4.69. The second kappa shape index (κ2) is 8.22. The van der Waals surface area contributed by atoms with Gasteiger partial charge in [-0.25, -0.2) is 0 Å². The van der Waals surface area contributed by atoms with Crippen LogP contribution in [0.4, 0.5) is 0 Å². The molecule has 4 nitrogen and oxygen atoms in total. The summed E-state index contributed by atoms with van der Waals surface area (Å²) in [6.45, 7) is 6.91. The summed E-state index contributed by atoms with van der Waals surface area (Å²) in [5.74, 6) is 1.26. The van der Waals surface area contributed by atoms with E-state index in [0.717, 1.165) is 5.56 Å². The van der Waals surface area contributed by atoms with E-state index in [1.54, 1.807) is 12.1 Å². The highest BCUT2D eigenvalue weighted by Crippen LogP contribution is 2.31. The van der Waals surface area contributed by atoms with Crippen molar-refractivity contribution >= 4 is 28.8 Å². The van der Waals surface area contributed by atoms with Gasteiger partial charge in [0.05, 0.1) is 28.5 Å². The average molecular weight is 354 g/mol. The van der Waals surface area contributed by atoms with Crippen LogP contribution in [0.1, 0.15) is 42.0 Å². The number of hydrogen-bond acceptors (Lipinski definition) is 4. The van der Waals surface area contributed by atoms with Crippen LogP contribution in [0.5, 0.6) is 11.5 Å². The first-order valence-electron chi connectivity index (χ1n) is 7.50. The van der Waals surface area contributed by atoms with Crippen molar-refractivity contribution in [2.45, 2.75) is 26.8 Å². The molecule has 0 radical (unpaired) electrons. The molecule has 0 spiro atoms. The van der Waals surface area contributed by atoms with Gasteiger partial charge in [-0.3, -0.25) is 4.79 Å². The average Bonchev–Trinajstić information content (AvgIpc) is 2.96. The van der Waals surface area contributed by atoms with Crippen LogP contribution >= 0.6 is 22.9 Å². The number of carbonyl (C=O) groups is 1. The van der Waals surface area contributed by atoms with Gasteiger partial charge in [0.2, 0.25) is 0 Å². The van der Waals surface area contributed by atoms with Crippen LogP contribution in [0.3, 0.4) is 0 Å². The number of ether oxygens (including phenoxy) is 2. The monoisotopic (exact) mass is 353 g/mol. The van der Waals surface area contributed by atoms with Crippen LogP contribution in [0.15, 0.2) is 30.3 Å². The molecule has 0 aliphatic heterocycles. The van der Waals surface area contributed by atoms with Gasteiger partial charge in [0.1, 0.15) is 0 Å². The zero-order valence-electron chi connectivity index (χ0n) is 13.4. The molecule has 0 aliphatic rings. The first-order chi connectivity index (χ1) is 11.0. The molecule has 1 aromatic heterocycles. The normalized spacial score (nSPS) is 11.8. The molecule has 1 atom stereocenters. The Labute approximate surface area is 145 Å². The Hall–Kier alpha value is -1.72. The van der Waals surface area contributed by atoms with Gasteiger partial charge in [0.25, 0.3) is 5.91 Å². The summed E-state index contributed by atoms with van der Waals surface area (Å²) in [6.07, 6.45) is 0. The summed E-state index contributed by atoms with van der Waals surface area (Å²) >= 11 is 7.13. The topological polar surface area (TPSA) is 47.6 Å². The summed E-state index contributed by atoms with van der Waals surface area (Å²) in [5, 5.41) is 2.96. The van der Waals surface area contributed by atoms with Crippen LogP contribution in [-0.2, 0) is 0 Å². The van der Waals surface area contributed by atoms with E-state index in [1.807, 2.05) is 39.0 Å². The van der Waals surface area contributed by atoms with Gasteiger partial charge in [0.15, 0.2) is 11.5 Å². The summed E-state index contributed by atoms with van der Waals surface area (Å²) in [5.41, 5.74) is 0.952. The van der Waals surface area contributed by atoms with Crippen molar-refractivity contribution in [3.8, 4) is 11.5 Å². The van der Waals surface area contributed by atoms with E-state index in [1.165, 1.54) is 11.3 Å². The molecule has 1 unspecified atom stereocenters. The van der Waals surface area contributed by atoms with E-state index >= 15 is 0 Å². The summed E-state index contributed by atoms with van der Waals surface area (Å²) in [4.78, 5) is 12.8. The van der Waals surface area contributed by atoms with Gasteiger partial charge in [-0.1, -0.05) is 17.7 Å². The highest BCUT2D eigenvalue weighted by molar-refractivity contribution is 7.17. The molecule has 1 amide bonds. The van der Waals surface area contributed by atoms with Gasteiger partial charge in [-0.15, -0.1) is 11.3 Å². The first-order valence-corrected chi connectivity index (χ1v) is 8.70. The van der Waals surface area contributed by atoms with Crippen molar-refractivity contribution in [3.63, 3.8) is 0 Å². The highest BCUT2D eigenvalue weighted by atomic mass is 35.5. The summed E-state index contributed by atoms with van der Waals surface area (Å²) < 4.78 is 11.8. The Morgan fingerprint density at radius 3 is 2.48 bits per heavy atom. The Kier molecular flexibility index (Phi) is 6.30. The fourth-order valence-electron chi connectivity index (χ4n) is 2.12. The van der Waals surface area contributed by atoms with Crippen LogP contribution in [-0.4, -0.2) is 19.1 Å². The molecule has 0 saturated heterocycles. The molecule has 1 aromatic carbocycles. The molecule has 0 fully saturated rings. The Morgan fingerprint density at radius 1 is 1.17 bits per heavy atom. The zero-order valence-corrected chi connectivity index (χ0v) is 15.0. The molecular formula is C17H20ClNO3S. The Bertz CT molecular complexity index is 672. The lowest BCUT2D eigenvalue weighted by molar-refractivity contribution is 0.0944. The Balaban J connectivity index is 2.13. The van der Waals surface area contributed by atoms with Crippen molar-refractivity contribution in [1.29, 1.82) is 0 Å². The zero-order chi connectivity index (χ0) is 16.8. The fraction of sp³-hybridized carbons (Fsp3) is 0.353. The molecule has 0 aliphatic carbocycles. The standard InChI is InChI=1S/C17H20ClNO3S/c1-4-21-13-7-6-12(10-14(13)22-5-2)11(3)19-17(20)15-8-9-16(18)23-15/h6-11H,4-5H2,1-3H3,(H,19,20). The Morgan fingerprint density at radius 2 is 1.87 bits per heavy atom. The quantitative estimate of drug-likeness (QED) is 0.785. The maximum atomic E-state index is 12.2. The van der Waals surface area contributed by atoms with Crippen LogP contribution in [0.2, 0.25) is 4.34 Å². The van der Waals surface area contributed by atoms with E-state index in [0.29, 0.717) is 33.9 Å². The lowest BCUT2D eigenvalue weighted by Crippen LogP contribution is -2.25. The van der Waals surface area contributed by atoms with Gasteiger partial charge in [-0.05, 0) is 50.6 Å². The minimum absolute atomic E-state index is 0.138. The summed E-state index contributed by atoms with van der Waals surface area (Å²) in [7, 11) is 0. The molecule has 124 valence electrons. The van der Waals surface area contributed by atoms with Crippen molar-refractivity contribution in [2.75, 3.05) is 13.2 Å². The maximum Gasteiger partial charge on any atom is 0.261 e. The van der Waals surface area contributed by atoms with Gasteiger partial charge in [0, 0.05) is 0 Å². The first kappa shape index (κ1) is 17.6. The number of thiophene rings is 1. The lowest BCUT2D eigenvalue weighted by Gasteiger charge is -2.17. The molecule has 0 bridgehead atoms. The van der Waals surface area contributed by atoms with E-state index in [9.17, 15) is 4.79 Å². The summed E-state index contributed by atoms with van der Waals surface area (Å²) in [6, 6.07) is 8.99. The largest absolute Gasteiger partial charge is 0.490 e. The molecule has 2 aromatic rings. The SMILES string of the molecule is CCOc1ccc(C(C)NC(=O)c2ccc(Cl)s2)cc1OCC. The molecule has 0 saturated carbocycles. The predicted molar refractivity (Wildman–Crippen MR) is 94.0 cm³/mol. The minimum atomic E-state index is -0.154. The third kappa shape index (κ3) is 4.62. The number of nitrogens with one attached hydrogen (secondary N) is 1. The van der Waals surface area contributed by atoms with Crippen LogP contribution < -0.4 is 14.8 Å². The van der Waals surface area contributed by atoms with Gasteiger partial charge >= 0.3 is 0 Å². The number of carbonyl (C=O) groups excluding carboxylic acids is 1. The molecule has 1 heterocycles. The van der Waals surface area contributed by atoms with Gasteiger partial charge in [-0.2, -0.15) is 0 Å². The van der Waals surface area contributed by atoms with E-state index in [2.05, 4.69) is 5.32 Å². The molecule has 1 N–H and O–H groups in total. The molecular weight excluding hydrogens is 334 g/mol. The van der Waals surface area contributed by atoms with E-state index in [-0.39, 0.29) is 11.9 Å². The second-order valence-electron chi connectivity index (χ2n) is 4.87. The van der Waals surface area contributed by atoms with Crippen molar-refractivity contribution < 1.29 is 14.3 Å². The molecule has 23 heavy (non-hydrogen) atoms. The third-order valence-corrected chi connectivity index (χ3v) is 4.44. The van der Waals surface area contributed by atoms with Crippen LogP contribution in [0.25, 0.3) is 0 Å². The number of rotatable bonds is 7. The van der Waals surface area contributed by atoms with E-state index in [4.69, 9.17) is 21.1 Å². The van der Waals surface area contributed by atoms with Crippen molar-refractivity contribution in [2.24, 2.45) is 0 Å².